The first kappa shape index (κ1) is 15.4. The fraction of sp³-hybridized carbons (Fsp3) is 0.222. The van der Waals surface area contributed by atoms with Gasteiger partial charge in [-0.15, -0.1) is 17.7 Å². The van der Waals surface area contributed by atoms with E-state index in [0.29, 0.717) is 5.52 Å². The molecule has 0 atom stereocenters. The van der Waals surface area contributed by atoms with E-state index in [4.69, 9.17) is 0 Å². The fourth-order valence-corrected chi connectivity index (χ4v) is 1.22. The number of benzene rings is 1. The van der Waals surface area contributed by atoms with Crippen LogP contribution in [0.15, 0.2) is 30.6 Å². The zero-order chi connectivity index (χ0) is 14.7. The van der Waals surface area contributed by atoms with Gasteiger partial charge in [-0.3, -0.25) is 4.18 Å². The van der Waals surface area contributed by atoms with Crippen molar-refractivity contribution in [3.05, 3.63) is 30.6 Å². The van der Waals surface area contributed by atoms with Crippen molar-refractivity contribution in [3.8, 4) is 0 Å². The summed E-state index contributed by atoms with van der Waals surface area (Å²) < 4.78 is 68.2. The van der Waals surface area contributed by atoms with Crippen molar-refractivity contribution in [3.63, 3.8) is 0 Å². The molecule has 1 aromatic carbocycles. The number of hydrogen-bond acceptors (Lipinski definition) is 4. The molecular weight excluding hydrogens is 289 g/mol. The van der Waals surface area contributed by atoms with Crippen molar-refractivity contribution in [2.24, 2.45) is 0 Å². The van der Waals surface area contributed by atoms with E-state index >= 15 is 0 Å². The number of aromatic amines is 1. The van der Waals surface area contributed by atoms with E-state index in [0.717, 1.165) is 13.4 Å². The van der Waals surface area contributed by atoms with E-state index in [1.165, 1.54) is 6.07 Å². The molecule has 0 spiro atoms. The average molecular weight is 298 g/mol. The molecule has 0 aliphatic carbocycles. The maximum Gasteiger partial charge on any atom is 0.567 e. The highest BCUT2D eigenvalue weighted by molar-refractivity contribution is 7.80. The van der Waals surface area contributed by atoms with Gasteiger partial charge in [-0.05, 0) is 12.1 Å². The minimum absolute atomic E-state index is 0.134. The Morgan fingerprint density at radius 2 is 1.84 bits per heavy atom. The standard InChI is InChI=1S/C8H5F3N2.CH4O4S/c9-8(10,11)13-5-12-6-3-1-2-4-7(6)13;1-5-6(2,3)4/h1-5H;1H3,(H,2,3,4). The molecule has 2 rings (SSSR count). The van der Waals surface area contributed by atoms with Crippen LogP contribution < -0.4 is 4.57 Å². The molecule has 0 aliphatic rings. The largest absolute Gasteiger partial charge is 0.726 e. The van der Waals surface area contributed by atoms with Crippen LogP contribution in [0.3, 0.4) is 0 Å². The molecule has 1 aromatic heterocycles. The van der Waals surface area contributed by atoms with Crippen LogP contribution in [0.4, 0.5) is 13.2 Å². The van der Waals surface area contributed by atoms with Gasteiger partial charge in [-0.2, -0.15) is 0 Å². The van der Waals surface area contributed by atoms with Gasteiger partial charge in [-0.1, -0.05) is 12.1 Å². The quantitative estimate of drug-likeness (QED) is 0.484. The predicted molar refractivity (Wildman–Crippen MR) is 56.5 cm³/mol. The number of para-hydroxylation sites is 2. The first-order chi connectivity index (χ1) is 8.65. The van der Waals surface area contributed by atoms with Crippen LogP contribution in [0, 0.1) is 0 Å². The summed E-state index contributed by atoms with van der Waals surface area (Å²) in [5.74, 6) is 0. The lowest BCUT2D eigenvalue weighted by Crippen LogP contribution is -2.45. The third-order valence-corrected chi connectivity index (χ3v) is 2.40. The Morgan fingerprint density at radius 1 is 1.32 bits per heavy atom. The molecule has 1 N–H and O–H groups in total. The number of hydrogen-bond donors (Lipinski definition) is 1. The number of rotatable bonds is 1. The molecule has 106 valence electrons. The third-order valence-electron chi connectivity index (χ3n) is 1.99. The molecule has 0 saturated carbocycles. The van der Waals surface area contributed by atoms with Crippen molar-refractivity contribution in [1.29, 1.82) is 0 Å². The Morgan fingerprint density at radius 3 is 2.32 bits per heavy atom. The smallest absolute Gasteiger partial charge is 0.567 e. The number of halogens is 3. The summed E-state index contributed by atoms with van der Waals surface area (Å²) in [4.78, 5) is 2.54. The van der Waals surface area contributed by atoms with Gasteiger partial charge in [-0.25, -0.2) is 13.4 Å². The van der Waals surface area contributed by atoms with Crippen LogP contribution in [0.5, 0.6) is 0 Å². The van der Waals surface area contributed by atoms with Crippen molar-refractivity contribution in [2.45, 2.75) is 6.30 Å². The maximum absolute atomic E-state index is 12.3. The van der Waals surface area contributed by atoms with Crippen LogP contribution in [0.25, 0.3) is 11.0 Å². The average Bonchev–Trinajstić information content (AvgIpc) is 2.72. The molecular formula is C9H9F3N2O4S. The van der Waals surface area contributed by atoms with Crippen LogP contribution in [-0.2, 0) is 20.9 Å². The number of imidazole rings is 1. The molecule has 6 nitrogen and oxygen atoms in total. The minimum atomic E-state index is -4.41. The molecule has 0 unspecified atom stereocenters. The highest BCUT2D eigenvalue weighted by Crippen LogP contribution is 2.17. The molecule has 0 amide bonds. The predicted octanol–water partition coefficient (Wildman–Crippen LogP) is 1.02. The van der Waals surface area contributed by atoms with Crippen molar-refractivity contribution >= 4 is 21.4 Å². The second-order valence-corrected chi connectivity index (χ2v) is 4.35. The lowest BCUT2D eigenvalue weighted by molar-refractivity contribution is -0.836. The summed E-state index contributed by atoms with van der Waals surface area (Å²) in [6, 6.07) is 6.26. The van der Waals surface area contributed by atoms with Crippen molar-refractivity contribution in [2.75, 3.05) is 7.11 Å². The summed E-state index contributed by atoms with van der Waals surface area (Å²) in [7, 11) is -3.60. The van der Waals surface area contributed by atoms with Crippen LogP contribution in [0.2, 0.25) is 0 Å². The van der Waals surface area contributed by atoms with E-state index in [2.05, 4.69) is 9.17 Å². The number of alkyl halides is 3. The van der Waals surface area contributed by atoms with Crippen LogP contribution in [-0.4, -0.2) is 25.1 Å². The molecule has 0 aliphatic heterocycles. The summed E-state index contributed by atoms with van der Waals surface area (Å²) in [6.07, 6.45) is -3.45. The van der Waals surface area contributed by atoms with Gasteiger partial charge in [0.05, 0.1) is 7.11 Å². The maximum atomic E-state index is 12.3. The highest BCUT2D eigenvalue weighted by Gasteiger charge is 2.38. The molecule has 10 heteroatoms. The number of aromatic nitrogens is 2. The molecule has 0 fully saturated rings. The lowest BCUT2D eigenvalue weighted by atomic mass is 10.3. The molecule has 0 radical (unpaired) electrons. The zero-order valence-corrected chi connectivity index (χ0v) is 10.3. The minimum Gasteiger partial charge on any atom is -0.726 e. The first-order valence-electron chi connectivity index (χ1n) is 4.71. The summed E-state index contributed by atoms with van der Waals surface area (Å²) in [5, 5.41) is 0. The molecule has 0 saturated heterocycles. The first-order valence-corrected chi connectivity index (χ1v) is 6.05. The molecule has 0 bridgehead atoms. The summed E-state index contributed by atoms with van der Waals surface area (Å²) in [5.41, 5.74) is 0.606. The second-order valence-electron chi connectivity index (χ2n) is 3.20. The SMILES string of the molecule is COS(=O)(=O)[O-].FC(F)(F)[n+]1c[nH]c2ccccc21. The third kappa shape index (κ3) is 4.50. The number of nitrogens with one attached hydrogen (secondary N) is 1. The van der Waals surface area contributed by atoms with E-state index in [1.807, 2.05) is 0 Å². The summed E-state index contributed by atoms with van der Waals surface area (Å²) in [6.45, 7) is 0. The Balaban J connectivity index is 0.000000258. The van der Waals surface area contributed by atoms with E-state index in [1.54, 1.807) is 18.2 Å². The van der Waals surface area contributed by atoms with Crippen LogP contribution in [0.1, 0.15) is 0 Å². The number of fused-ring (bicyclic) bond motifs is 1. The Hall–Kier alpha value is -1.65. The van der Waals surface area contributed by atoms with Gasteiger partial charge in [0.2, 0.25) is 16.7 Å². The van der Waals surface area contributed by atoms with Gasteiger partial charge < -0.3 is 4.55 Å². The van der Waals surface area contributed by atoms with Gasteiger partial charge in [0.25, 0.3) is 0 Å². The fourth-order valence-electron chi connectivity index (χ4n) is 1.22. The van der Waals surface area contributed by atoms with E-state index < -0.39 is 16.7 Å². The number of nitrogens with zero attached hydrogens (tertiary/aromatic N) is 1. The summed E-state index contributed by atoms with van der Waals surface area (Å²) >= 11 is 0. The van der Waals surface area contributed by atoms with Gasteiger partial charge in [0, 0.05) is 0 Å². The van der Waals surface area contributed by atoms with Gasteiger partial charge in [0.15, 0.2) is 11.0 Å². The molecule has 1 heterocycles. The van der Waals surface area contributed by atoms with E-state index in [9.17, 15) is 26.1 Å². The number of H-pyrrole nitrogens is 1. The second kappa shape index (κ2) is 5.55. The van der Waals surface area contributed by atoms with Crippen LogP contribution >= 0.6 is 0 Å². The monoisotopic (exact) mass is 298 g/mol. The van der Waals surface area contributed by atoms with E-state index in [-0.39, 0.29) is 10.1 Å². The van der Waals surface area contributed by atoms with Crippen molar-refractivity contribution in [1.82, 2.24) is 4.98 Å². The molecule has 2 aromatic rings. The lowest BCUT2D eigenvalue weighted by Gasteiger charge is -1.99. The Kier molecular flexibility index (Phi) is 4.50. The van der Waals surface area contributed by atoms with Gasteiger partial charge in [0.1, 0.15) is 0 Å². The highest BCUT2D eigenvalue weighted by atomic mass is 32.3. The Bertz CT molecular complexity index is 651. The molecule has 19 heavy (non-hydrogen) atoms. The normalized spacial score (nSPS) is 12.1. The van der Waals surface area contributed by atoms with Gasteiger partial charge >= 0.3 is 6.30 Å². The topological polar surface area (TPSA) is 86.1 Å². The zero-order valence-electron chi connectivity index (χ0n) is 9.51. The van der Waals surface area contributed by atoms with Crippen molar-refractivity contribution < 1.29 is 34.9 Å². The Labute approximate surface area is 106 Å².